The summed E-state index contributed by atoms with van der Waals surface area (Å²) in [5.74, 6) is 3.17. The molecular formula is C24H23F5O. The van der Waals surface area contributed by atoms with Gasteiger partial charge in [0.05, 0.1) is 5.56 Å². The number of hydrogen-bond acceptors (Lipinski definition) is 1. The zero-order chi connectivity index (χ0) is 21.7. The van der Waals surface area contributed by atoms with Gasteiger partial charge in [0.1, 0.15) is 11.6 Å². The molecule has 0 saturated heterocycles. The van der Waals surface area contributed by atoms with Gasteiger partial charge >= 0.3 is 6.61 Å². The van der Waals surface area contributed by atoms with Crippen LogP contribution in [-0.4, -0.2) is 6.61 Å². The number of aryl methyl sites for hydroxylation is 1. The van der Waals surface area contributed by atoms with Crippen LogP contribution in [0.15, 0.2) is 30.3 Å². The summed E-state index contributed by atoms with van der Waals surface area (Å²) in [7, 11) is 0. The van der Waals surface area contributed by atoms with Crippen LogP contribution in [0.25, 0.3) is 0 Å². The Morgan fingerprint density at radius 3 is 2.20 bits per heavy atom. The van der Waals surface area contributed by atoms with Crippen molar-refractivity contribution in [2.75, 3.05) is 0 Å². The Morgan fingerprint density at radius 2 is 1.63 bits per heavy atom. The van der Waals surface area contributed by atoms with E-state index in [2.05, 4.69) is 16.6 Å². The third kappa shape index (κ3) is 5.53. The zero-order valence-electron chi connectivity index (χ0n) is 16.7. The van der Waals surface area contributed by atoms with Crippen molar-refractivity contribution in [1.82, 2.24) is 0 Å². The first-order chi connectivity index (χ1) is 14.4. The largest absolute Gasteiger partial charge is 0.432 e. The molecule has 1 aliphatic rings. The molecular weight excluding hydrogens is 399 g/mol. The molecule has 3 rings (SSSR count). The van der Waals surface area contributed by atoms with Crippen molar-refractivity contribution in [3.63, 3.8) is 0 Å². The van der Waals surface area contributed by atoms with Gasteiger partial charge in [-0.15, -0.1) is 0 Å². The molecule has 2 aromatic rings. The third-order valence-electron chi connectivity index (χ3n) is 5.41. The highest BCUT2D eigenvalue weighted by atomic mass is 19.3. The van der Waals surface area contributed by atoms with E-state index < -0.39 is 29.8 Å². The lowest BCUT2D eigenvalue weighted by Gasteiger charge is -2.26. The van der Waals surface area contributed by atoms with Crippen LogP contribution in [-0.2, 0) is 6.42 Å². The summed E-state index contributed by atoms with van der Waals surface area (Å²) in [6.45, 7) is -1.13. The first kappa shape index (κ1) is 22.1. The quantitative estimate of drug-likeness (QED) is 0.373. The maximum atomic E-state index is 14.2. The molecule has 0 N–H and O–H groups in total. The summed E-state index contributed by atoms with van der Waals surface area (Å²) in [4.78, 5) is 0. The minimum absolute atomic E-state index is 0.00153. The van der Waals surface area contributed by atoms with Gasteiger partial charge in [-0.3, -0.25) is 0 Å². The van der Waals surface area contributed by atoms with Crippen LogP contribution in [0.5, 0.6) is 5.75 Å². The van der Waals surface area contributed by atoms with Gasteiger partial charge in [-0.25, -0.2) is 13.2 Å². The topological polar surface area (TPSA) is 9.23 Å². The van der Waals surface area contributed by atoms with E-state index in [-0.39, 0.29) is 17.4 Å². The van der Waals surface area contributed by atoms with Gasteiger partial charge in [0, 0.05) is 5.92 Å². The highest BCUT2D eigenvalue weighted by molar-refractivity contribution is 5.40. The first-order valence-corrected chi connectivity index (χ1v) is 10.1. The monoisotopic (exact) mass is 422 g/mol. The molecule has 1 aliphatic carbocycles. The lowest BCUT2D eigenvalue weighted by Crippen LogP contribution is -2.12. The molecule has 6 heteroatoms. The van der Waals surface area contributed by atoms with Crippen molar-refractivity contribution in [1.29, 1.82) is 0 Å². The number of rotatable bonds is 5. The maximum absolute atomic E-state index is 14.2. The van der Waals surface area contributed by atoms with Crippen molar-refractivity contribution in [2.45, 2.75) is 58.0 Å². The Labute approximate surface area is 173 Å². The predicted octanol–water partition coefficient (Wildman–Crippen LogP) is 6.98. The van der Waals surface area contributed by atoms with Gasteiger partial charge in [-0.2, -0.15) is 8.78 Å². The average molecular weight is 422 g/mol. The summed E-state index contributed by atoms with van der Waals surface area (Å²) in [5.41, 5.74) is 1.15. The fourth-order valence-corrected chi connectivity index (χ4v) is 3.89. The Balaban J connectivity index is 1.63. The average Bonchev–Trinajstić information content (AvgIpc) is 2.69. The van der Waals surface area contributed by atoms with E-state index in [4.69, 9.17) is 0 Å². The maximum Gasteiger partial charge on any atom is 0.387 e. The summed E-state index contributed by atoms with van der Waals surface area (Å²) in [6.07, 6.45) is 4.31. The van der Waals surface area contributed by atoms with Gasteiger partial charge < -0.3 is 4.74 Å². The molecule has 0 aliphatic heterocycles. The smallest absolute Gasteiger partial charge is 0.387 e. The zero-order valence-corrected chi connectivity index (χ0v) is 16.7. The van der Waals surface area contributed by atoms with Crippen LogP contribution in [0.2, 0.25) is 0 Å². The Bertz CT molecular complexity index is 913. The molecule has 0 heterocycles. The Hall–Kier alpha value is -2.55. The highest BCUT2D eigenvalue weighted by Gasteiger charge is 2.23. The molecule has 2 aromatic carbocycles. The predicted molar refractivity (Wildman–Crippen MR) is 105 cm³/mol. The van der Waals surface area contributed by atoms with E-state index in [1.54, 1.807) is 6.07 Å². The molecule has 30 heavy (non-hydrogen) atoms. The van der Waals surface area contributed by atoms with Crippen LogP contribution >= 0.6 is 0 Å². The number of alkyl halides is 2. The van der Waals surface area contributed by atoms with Gasteiger partial charge in [-0.1, -0.05) is 31.3 Å². The number of halogens is 5. The normalized spacial score (nSPS) is 18.8. The van der Waals surface area contributed by atoms with Crippen LogP contribution in [0.1, 0.15) is 61.6 Å². The number of ether oxygens (including phenoxy) is 1. The van der Waals surface area contributed by atoms with Crippen LogP contribution in [0.4, 0.5) is 22.0 Å². The molecule has 0 aromatic heterocycles. The second kappa shape index (κ2) is 9.97. The Kier molecular flexibility index (Phi) is 7.36. The molecule has 160 valence electrons. The van der Waals surface area contributed by atoms with Crippen molar-refractivity contribution < 1.29 is 26.7 Å². The summed E-state index contributed by atoms with van der Waals surface area (Å²) >= 11 is 0. The molecule has 0 spiro atoms. The lowest BCUT2D eigenvalue weighted by molar-refractivity contribution is -0.0522. The summed E-state index contributed by atoms with van der Waals surface area (Å²) in [5, 5.41) is 0. The summed E-state index contributed by atoms with van der Waals surface area (Å²) < 4.78 is 71.0. The van der Waals surface area contributed by atoms with E-state index in [1.165, 1.54) is 24.3 Å². The number of hydrogen-bond donors (Lipinski definition) is 0. The molecule has 1 nitrogen and oxygen atoms in total. The van der Waals surface area contributed by atoms with E-state index in [0.717, 1.165) is 24.8 Å². The Morgan fingerprint density at radius 1 is 0.967 bits per heavy atom. The van der Waals surface area contributed by atoms with Crippen molar-refractivity contribution in [3.05, 3.63) is 64.5 Å². The SMILES string of the molecule is CCCc1cc(F)c(C#C[C@H]2CC[C@H](c3ccc(OC(F)F)c(F)c3)CC2)c(F)c1. The first-order valence-electron chi connectivity index (χ1n) is 10.1. The minimum atomic E-state index is -3.07. The van der Waals surface area contributed by atoms with Gasteiger partial charge in [0.2, 0.25) is 0 Å². The molecule has 1 saturated carbocycles. The van der Waals surface area contributed by atoms with Crippen molar-refractivity contribution >= 4 is 0 Å². The fourth-order valence-electron chi connectivity index (χ4n) is 3.89. The van der Waals surface area contributed by atoms with E-state index >= 15 is 0 Å². The van der Waals surface area contributed by atoms with Gasteiger partial charge in [0.25, 0.3) is 0 Å². The van der Waals surface area contributed by atoms with Crippen LogP contribution in [0.3, 0.4) is 0 Å². The highest BCUT2D eigenvalue weighted by Crippen LogP contribution is 2.37. The van der Waals surface area contributed by atoms with Gasteiger partial charge in [-0.05, 0) is 73.4 Å². The van der Waals surface area contributed by atoms with Crippen LogP contribution < -0.4 is 4.74 Å². The van der Waals surface area contributed by atoms with Gasteiger partial charge in [0.15, 0.2) is 11.6 Å². The molecule has 0 bridgehead atoms. The molecule has 1 fully saturated rings. The molecule has 0 unspecified atom stereocenters. The fraction of sp³-hybridized carbons (Fsp3) is 0.417. The van der Waals surface area contributed by atoms with Crippen molar-refractivity contribution in [2.24, 2.45) is 5.92 Å². The lowest BCUT2D eigenvalue weighted by atomic mass is 9.79. The molecule has 0 radical (unpaired) electrons. The van der Waals surface area contributed by atoms with E-state index in [0.29, 0.717) is 24.8 Å². The molecule has 0 atom stereocenters. The number of benzene rings is 2. The third-order valence-corrected chi connectivity index (χ3v) is 5.41. The standard InChI is InChI=1S/C24H23F5O/c1-2-3-16-12-20(25)19(21(26)13-16)10-6-15-4-7-17(8-5-15)18-9-11-23(22(27)14-18)30-24(28)29/h9,11-15,17,24H,2-5,7-8H2,1H3/t15-,17-. The van der Waals surface area contributed by atoms with Crippen molar-refractivity contribution in [3.8, 4) is 17.6 Å². The second-order valence-electron chi connectivity index (χ2n) is 7.57. The molecule has 0 amide bonds. The van der Waals surface area contributed by atoms with E-state index in [9.17, 15) is 22.0 Å². The van der Waals surface area contributed by atoms with E-state index in [1.807, 2.05) is 6.92 Å². The van der Waals surface area contributed by atoms with Crippen LogP contribution in [0, 0.1) is 35.2 Å². The minimum Gasteiger partial charge on any atom is -0.432 e. The summed E-state index contributed by atoms with van der Waals surface area (Å²) in [6, 6.07) is 6.72. The second-order valence-corrected chi connectivity index (χ2v) is 7.57.